The summed E-state index contributed by atoms with van der Waals surface area (Å²) in [5.74, 6) is 0. The van der Waals surface area contributed by atoms with E-state index in [0.29, 0.717) is 0 Å². The molecule has 2 aliphatic rings. The molecule has 212 valence electrons. The van der Waals surface area contributed by atoms with Crippen LogP contribution in [-0.4, -0.2) is 29.4 Å². The van der Waals surface area contributed by atoms with Gasteiger partial charge in [0.2, 0.25) is 0 Å². The van der Waals surface area contributed by atoms with Gasteiger partial charge in [0.1, 0.15) is 0 Å². The van der Waals surface area contributed by atoms with Gasteiger partial charge < -0.3 is 0 Å². The van der Waals surface area contributed by atoms with Crippen molar-refractivity contribution in [2.24, 2.45) is 0 Å². The fourth-order valence-electron chi connectivity index (χ4n) is 6.89. The van der Waals surface area contributed by atoms with Gasteiger partial charge >= 0.3 is 261 Å². The van der Waals surface area contributed by atoms with Crippen LogP contribution in [0.15, 0.2) is 113 Å². The van der Waals surface area contributed by atoms with E-state index in [4.69, 9.17) is 0 Å². The van der Waals surface area contributed by atoms with E-state index < -0.39 is 21.0 Å². The molecule has 0 spiro atoms. The summed E-state index contributed by atoms with van der Waals surface area (Å²) in [5, 5.41) is 0. The SMILES string of the molecule is CCN(CC)c1ccc2c(c1)Cc1c-2ccc(N(CC)CC)[c]1[Hf]([C]1=CC=CC1)=[C](c1ccccc1)c1ccccc1. The number of rotatable bonds is 10. The molecule has 0 saturated heterocycles. The van der Waals surface area contributed by atoms with E-state index in [9.17, 15) is 0 Å². The molecule has 0 atom stereocenters. The van der Waals surface area contributed by atoms with Crippen molar-refractivity contribution < 1.29 is 21.0 Å². The third-order valence-corrected chi connectivity index (χ3v) is 20.3. The average Bonchev–Trinajstić information content (AvgIpc) is 3.70. The topological polar surface area (TPSA) is 6.48 Å². The second-order valence-corrected chi connectivity index (χ2v) is 19.7. The molecular formula is C39H42HfN2. The molecule has 0 unspecified atom stereocenters. The molecule has 0 radical (unpaired) electrons. The maximum absolute atomic E-state index is 2.98. The van der Waals surface area contributed by atoms with Gasteiger partial charge in [0.15, 0.2) is 0 Å². The molecule has 0 aromatic heterocycles. The van der Waals surface area contributed by atoms with Crippen LogP contribution < -0.4 is 13.1 Å². The van der Waals surface area contributed by atoms with Crippen molar-refractivity contribution >= 4 is 17.9 Å². The van der Waals surface area contributed by atoms with Gasteiger partial charge in [-0.2, -0.15) is 0 Å². The zero-order valence-electron chi connectivity index (χ0n) is 25.5. The Morgan fingerprint density at radius 3 is 1.88 bits per heavy atom. The number of benzene rings is 4. The van der Waals surface area contributed by atoms with Crippen LogP contribution in [0.4, 0.5) is 11.4 Å². The van der Waals surface area contributed by atoms with E-state index in [1.165, 1.54) is 39.2 Å². The number of nitrogens with zero attached hydrogens (tertiary/aromatic N) is 2. The summed E-state index contributed by atoms with van der Waals surface area (Å²) in [5.41, 5.74) is 11.6. The minimum absolute atomic E-state index is 1.02. The predicted octanol–water partition coefficient (Wildman–Crippen LogP) is 8.31. The Balaban J connectivity index is 1.68. The number of hydrogen-bond acceptors (Lipinski definition) is 2. The molecule has 0 heterocycles. The predicted molar refractivity (Wildman–Crippen MR) is 179 cm³/mol. The monoisotopic (exact) mass is 718 g/mol. The van der Waals surface area contributed by atoms with Gasteiger partial charge in [-0.3, -0.25) is 0 Å². The summed E-state index contributed by atoms with van der Waals surface area (Å²) in [6.45, 7) is 13.2. The van der Waals surface area contributed by atoms with Crippen molar-refractivity contribution in [3.8, 4) is 11.1 Å². The molecule has 3 heteroatoms. The van der Waals surface area contributed by atoms with Crippen LogP contribution in [-0.2, 0) is 27.4 Å². The zero-order valence-corrected chi connectivity index (χ0v) is 29.1. The van der Waals surface area contributed by atoms with E-state index in [1.54, 1.807) is 15.5 Å². The Morgan fingerprint density at radius 2 is 1.31 bits per heavy atom. The van der Waals surface area contributed by atoms with Crippen molar-refractivity contribution in [1.82, 2.24) is 0 Å². The summed E-state index contributed by atoms with van der Waals surface area (Å²) in [4.78, 5) is 5.08. The van der Waals surface area contributed by atoms with Crippen molar-refractivity contribution in [2.75, 3.05) is 36.0 Å². The number of hydrogen-bond donors (Lipinski definition) is 0. The molecule has 4 aromatic rings. The minimum atomic E-state index is -2.98. The van der Waals surface area contributed by atoms with Crippen LogP contribution in [0.3, 0.4) is 0 Å². The third kappa shape index (κ3) is 5.33. The first-order chi connectivity index (χ1) is 20.7. The van der Waals surface area contributed by atoms with Crippen LogP contribution >= 0.6 is 0 Å². The molecule has 0 aliphatic heterocycles. The Bertz CT molecular complexity index is 1610. The van der Waals surface area contributed by atoms with Crippen molar-refractivity contribution in [1.29, 1.82) is 0 Å². The quantitative estimate of drug-likeness (QED) is 0.134. The molecule has 0 fully saturated rings. The van der Waals surface area contributed by atoms with E-state index in [1.807, 2.05) is 0 Å². The normalized spacial score (nSPS) is 13.0. The Morgan fingerprint density at radius 1 is 0.690 bits per heavy atom. The van der Waals surface area contributed by atoms with E-state index in [-0.39, 0.29) is 0 Å². The first-order valence-corrected chi connectivity index (χ1v) is 21.1. The molecule has 0 bridgehead atoms. The van der Waals surface area contributed by atoms with Gasteiger partial charge in [0.25, 0.3) is 0 Å². The van der Waals surface area contributed by atoms with Gasteiger partial charge in [-0.15, -0.1) is 0 Å². The summed E-state index contributed by atoms with van der Waals surface area (Å²) < 4.78 is 4.99. The van der Waals surface area contributed by atoms with Crippen LogP contribution in [0.1, 0.15) is 56.4 Å². The molecule has 0 amide bonds. The second kappa shape index (κ2) is 12.9. The van der Waals surface area contributed by atoms with Crippen LogP contribution in [0.2, 0.25) is 0 Å². The first kappa shape index (κ1) is 28.8. The van der Waals surface area contributed by atoms with Crippen molar-refractivity contribution in [2.45, 2.75) is 40.5 Å². The molecule has 0 N–H and O–H groups in total. The first-order valence-electron chi connectivity index (χ1n) is 15.7. The number of fused-ring (bicyclic) bond motifs is 3. The van der Waals surface area contributed by atoms with E-state index in [2.05, 4.69) is 147 Å². The molecule has 2 aliphatic carbocycles. The fraction of sp³-hybridized carbons (Fsp3) is 0.256. The van der Waals surface area contributed by atoms with Gasteiger partial charge in [0, 0.05) is 0 Å². The van der Waals surface area contributed by atoms with Gasteiger partial charge in [-0.1, -0.05) is 0 Å². The number of allylic oxidation sites excluding steroid dienone is 4. The molecule has 42 heavy (non-hydrogen) atoms. The van der Waals surface area contributed by atoms with Crippen molar-refractivity contribution in [3.05, 3.63) is 135 Å². The van der Waals surface area contributed by atoms with E-state index in [0.717, 1.165) is 39.0 Å². The standard InChI is InChI=1S/C21H27N2.C13H10.C5H5.Hf/c1-5-22(6-2)18-9-11-20-16(14-18)13-17-15-19(10-12-21(17)20)23(7-3)8-4;1-3-7-12(8-4-1)11-13-9-5-2-6-10-13;1-2-4-5-3-1;/h9-12,14H,5-8,13H2,1-4H3;1-10H;1-3H,4H2;. The van der Waals surface area contributed by atoms with Crippen molar-refractivity contribution in [3.63, 3.8) is 0 Å². The second-order valence-electron chi connectivity index (χ2n) is 11.2. The fourth-order valence-corrected chi connectivity index (χ4v) is 19.1. The van der Waals surface area contributed by atoms with Crippen LogP contribution in [0, 0.1) is 0 Å². The summed E-state index contributed by atoms with van der Waals surface area (Å²) >= 11 is -2.98. The maximum atomic E-state index is 2.61. The summed E-state index contributed by atoms with van der Waals surface area (Å²) in [7, 11) is 0. The third-order valence-electron chi connectivity index (χ3n) is 8.99. The average molecular weight is 717 g/mol. The Hall–Kier alpha value is -3.30. The summed E-state index contributed by atoms with van der Waals surface area (Å²) in [6.07, 6.45) is 9.25. The van der Waals surface area contributed by atoms with Crippen LogP contribution in [0.25, 0.3) is 11.1 Å². The Kier molecular flexibility index (Phi) is 8.86. The Labute approximate surface area is 260 Å². The summed E-state index contributed by atoms with van der Waals surface area (Å²) in [6, 6.07) is 34.7. The zero-order chi connectivity index (χ0) is 29.1. The molecule has 4 aromatic carbocycles. The molecular weight excluding hydrogens is 675 g/mol. The number of anilines is 2. The van der Waals surface area contributed by atoms with E-state index >= 15 is 0 Å². The molecule has 0 saturated carbocycles. The van der Waals surface area contributed by atoms with Crippen LogP contribution in [0.5, 0.6) is 0 Å². The van der Waals surface area contributed by atoms with Gasteiger partial charge in [-0.25, -0.2) is 0 Å². The van der Waals surface area contributed by atoms with Gasteiger partial charge in [-0.05, 0) is 0 Å². The molecule has 6 rings (SSSR count). The van der Waals surface area contributed by atoms with Gasteiger partial charge in [0.05, 0.1) is 0 Å². The molecule has 2 nitrogen and oxygen atoms in total.